The number of pyridine rings is 8. The summed E-state index contributed by atoms with van der Waals surface area (Å²) in [6, 6.07) is 42.1. The summed E-state index contributed by atoms with van der Waals surface area (Å²) in [6.07, 6.45) is 22.6. The number of ether oxygens (including phenoxy) is 5. The molecular weight excluding hydrogens is 1970 g/mol. The standard InChI is InChI=1S/C17H21N3O2.C17H22N2O4.C12H15BrN2O2.C12H16N2O2.C12H14N2O2.C7H7BrN2.C7H8N2.C7H6N2.C6H6FN.C5H7N.BHNS.K.H2O/c1-16(2,3)22-15(21)20-11-8-12-13(20)6-7-14(19-12)17(18-4)9-5-10-17;1-16(2,3)23-15(22)19-10-7-11-12(19)5-6-13(18-11)17(14(20)21)8-4-9-17;1-12(2,3)17-11(16)15-7-6-8-9(15)4-5-10(13)14-8;2*1-12(2,3)16-11(15)14-8-6-9-10(14)5-4-7-13-9;8-7-2-1-5-6(10-7)3-4-9-5;2*1-2-6-7(8-4-1)3-5-9-6;7-5-1-3-6(8)4-2-5;6-4-5-2-1-3-5;1-2-3;;/h6-7H,5,8-11H2,1-3H3;5-6H,4,7-10H2,1-3H3,(H,20,21);4-5H,6-7H2,1-3H3;4-5,7H,6,8H2,1-3H3;4-8H,1-3H3;1-2,9H,3-4H2;1-2,4,9H,3,5H2;1-5,9H;1-4H,8H2;5H,1-3H2;3H;;1H2/q;;;;;;;;;;;+1;/p-1. The van der Waals surface area contributed by atoms with Crippen LogP contribution >= 0.6 is 44.7 Å². The minimum absolute atomic E-state index is 0. The molecule has 3 saturated carbocycles. The van der Waals surface area contributed by atoms with Gasteiger partial charge in [-0.2, -0.15) is 5.26 Å². The maximum atomic E-state index is 12.3. The fourth-order valence-electron chi connectivity index (χ4n) is 15.1. The number of carbonyl (C=O) groups is 6. The van der Waals surface area contributed by atoms with Crippen LogP contribution in [0, 0.1) is 29.6 Å². The van der Waals surface area contributed by atoms with Crippen LogP contribution in [0.25, 0.3) is 26.9 Å². The van der Waals surface area contributed by atoms with Crippen LogP contribution in [0.5, 0.6) is 0 Å². The van der Waals surface area contributed by atoms with Crippen molar-refractivity contribution in [3.63, 3.8) is 0 Å². The molecule has 10 aromatic heterocycles. The Bertz CT molecular complexity index is 6110. The molecule has 0 bridgehead atoms. The van der Waals surface area contributed by atoms with Crippen molar-refractivity contribution >= 4 is 151 Å². The van der Waals surface area contributed by atoms with Crippen LogP contribution in [0.2, 0.25) is 0 Å². The molecule has 3 aliphatic carbocycles. The van der Waals surface area contributed by atoms with Gasteiger partial charge in [-0.1, -0.05) is 12.8 Å². The number of carbonyl (C=O) groups excluding carboxylic acids is 5. The van der Waals surface area contributed by atoms with Gasteiger partial charge in [0.1, 0.15) is 54.1 Å². The molecule has 11 aromatic rings. The molecule has 33 nitrogen and oxygen atoms in total. The number of halogens is 3. The Morgan fingerprint density at radius 3 is 1.37 bits per heavy atom. The van der Waals surface area contributed by atoms with Crippen LogP contribution in [0.1, 0.15) is 207 Å². The van der Waals surface area contributed by atoms with Crippen molar-refractivity contribution in [3.8, 4) is 6.07 Å². The van der Waals surface area contributed by atoms with Gasteiger partial charge in [-0.25, -0.2) is 49.9 Å². The van der Waals surface area contributed by atoms with Gasteiger partial charge in [-0.3, -0.25) is 53.9 Å². The number of amides is 4. The van der Waals surface area contributed by atoms with E-state index in [0.717, 1.165) is 166 Å². The SMILES string of the molecule is Brc1ccc2c(n1)CCN2.CC(C)(C)OC(=O)N1CCc2nc(Br)ccc21.CC(C)(C)OC(=O)N1CCc2nc(C3(C(=O)O)CCC3)ccc21.CC(C)(C)OC(=O)N1CCc2ncccc21.CC(C)(C)OC(=O)n1ccc2ncccc21.N#CC1CCC1.Nc1ccc(F)cc1.[B]=NS.[C-]#[N+]C1(c2ccc3c(n2)CCN3C(=O)OC(C)(C)C)CCC1.[K+].[OH-].c1cnc2c(c1)NCC2.c1cnc2cc[nH]c2c1. The van der Waals surface area contributed by atoms with E-state index in [0.29, 0.717) is 62.7 Å². The molecule has 3 fully saturated rings. The summed E-state index contributed by atoms with van der Waals surface area (Å²) in [5.41, 5.74) is 18.9. The maximum Gasteiger partial charge on any atom is 1.00 e. The number of nitrogens with two attached hydrogens (primary N) is 1. The number of fused-ring (bicyclic) bond motifs is 8. The van der Waals surface area contributed by atoms with Gasteiger partial charge < -0.3 is 60.5 Å². The number of carboxylic acids is 1. The van der Waals surface area contributed by atoms with Crippen molar-refractivity contribution in [2.45, 2.75) is 239 Å². The number of rotatable bonds is 3. The fraction of sp³-hybridized carbons (Fsp3) is 0.431. The second kappa shape index (κ2) is 52.0. The molecule has 0 atom stereocenters. The van der Waals surface area contributed by atoms with Crippen molar-refractivity contribution in [1.29, 1.82) is 5.26 Å². The van der Waals surface area contributed by atoms with Crippen LogP contribution < -0.4 is 87.4 Å². The number of nitrogens with one attached hydrogen (secondary N) is 3. The number of thiol groups is 1. The van der Waals surface area contributed by atoms with E-state index in [2.05, 4.69) is 135 Å². The van der Waals surface area contributed by atoms with Gasteiger partial charge in [0.25, 0.3) is 5.54 Å². The summed E-state index contributed by atoms with van der Waals surface area (Å²) in [7, 11) is 4.34. The molecule has 0 unspecified atom stereocenters. The van der Waals surface area contributed by atoms with E-state index in [-0.39, 0.29) is 93.1 Å². The van der Waals surface area contributed by atoms with Crippen LogP contribution in [-0.4, -0.2) is 171 Å². The van der Waals surface area contributed by atoms with E-state index in [1.54, 1.807) is 68.7 Å². The van der Waals surface area contributed by atoms with Gasteiger partial charge in [0, 0.05) is 139 Å². The number of aliphatic carboxylic acids is 1. The molecule has 0 spiro atoms. The van der Waals surface area contributed by atoms with Crippen LogP contribution in [-0.2, 0) is 78.0 Å². The maximum absolute atomic E-state index is 12.3. The molecule has 1 aromatic carbocycles. The third kappa shape index (κ3) is 33.6. The van der Waals surface area contributed by atoms with Crippen molar-refractivity contribution in [1.82, 2.24) is 49.4 Å². The van der Waals surface area contributed by atoms with Gasteiger partial charge in [0.2, 0.25) is 0 Å². The Balaban J connectivity index is 0.000000195. The van der Waals surface area contributed by atoms with E-state index < -0.39 is 44.9 Å². The van der Waals surface area contributed by atoms with Crippen LogP contribution in [0.15, 0.2) is 184 Å². The van der Waals surface area contributed by atoms with Gasteiger partial charge in [0.05, 0.1) is 102 Å². The minimum Gasteiger partial charge on any atom is -0.870 e. The number of aromatic amines is 1. The van der Waals surface area contributed by atoms with Crippen molar-refractivity contribution in [3.05, 3.63) is 243 Å². The van der Waals surface area contributed by atoms with Crippen molar-refractivity contribution < 1.29 is 119 Å². The first-order chi connectivity index (χ1) is 65.8. The second-order valence-electron chi connectivity index (χ2n) is 38.6. The molecule has 20 rings (SSSR count). The molecule has 141 heavy (non-hydrogen) atoms. The number of hydrogen-bond acceptors (Lipinski definition) is 26. The first-order valence-electron chi connectivity index (χ1n) is 46.1. The molecule has 16 heterocycles. The molecule has 0 saturated heterocycles. The molecule has 6 aliphatic heterocycles. The summed E-state index contributed by atoms with van der Waals surface area (Å²) in [5, 5.41) is 24.1. The molecule has 7 N–H and O–H groups in total. The summed E-state index contributed by atoms with van der Waals surface area (Å²) < 4.78 is 44.7. The molecule has 9 aliphatic rings. The number of aromatic nitrogens is 10. The molecule has 741 valence electrons. The first-order valence-corrected chi connectivity index (χ1v) is 48.1. The van der Waals surface area contributed by atoms with E-state index in [1.807, 2.05) is 189 Å². The van der Waals surface area contributed by atoms with Crippen LogP contribution in [0.3, 0.4) is 0 Å². The number of nitriles is 1. The Hall–Kier alpha value is -11.4. The summed E-state index contributed by atoms with van der Waals surface area (Å²) >= 11 is 9.84. The van der Waals surface area contributed by atoms with Crippen molar-refractivity contribution in [2.75, 3.05) is 75.2 Å². The van der Waals surface area contributed by atoms with E-state index in [1.165, 1.54) is 58.0 Å². The predicted molar refractivity (Wildman–Crippen MR) is 550 cm³/mol. The minimum atomic E-state index is -0.839. The normalized spacial score (nSPS) is 15.0. The Morgan fingerprint density at radius 1 is 0.518 bits per heavy atom. The van der Waals surface area contributed by atoms with Crippen molar-refractivity contribution in [2.24, 2.45) is 10.2 Å². The molecular formula is C102H124BBr2FKN20O13S. The third-order valence-corrected chi connectivity index (χ3v) is 23.2. The number of nitrogens with zero attached hydrogens (tertiary/aromatic N) is 16. The van der Waals surface area contributed by atoms with E-state index in [4.69, 9.17) is 41.3 Å². The summed E-state index contributed by atoms with van der Waals surface area (Å²) in [4.78, 5) is 120. The third-order valence-electron chi connectivity index (χ3n) is 22.3. The van der Waals surface area contributed by atoms with Gasteiger partial charge >= 0.3 is 113 Å². The van der Waals surface area contributed by atoms with Crippen LogP contribution in [0.4, 0.5) is 68.2 Å². The number of carboxylic acid groups (broad SMARTS) is 1. The number of hydrogen-bond donors (Lipinski definition) is 6. The van der Waals surface area contributed by atoms with Gasteiger partial charge in [-0.15, -0.1) is 0 Å². The Kier molecular flexibility index (Phi) is 42.4. The molecule has 4 amide bonds. The summed E-state index contributed by atoms with van der Waals surface area (Å²) in [6.45, 7) is 39.7. The monoisotopic (exact) mass is 2100 g/mol. The van der Waals surface area contributed by atoms with E-state index >= 15 is 0 Å². The average Bonchev–Trinajstić information content (AvgIpc) is 1.74. The number of benzene rings is 1. The fourth-order valence-corrected chi connectivity index (χ4v) is 15.8. The van der Waals surface area contributed by atoms with E-state index in [9.17, 15) is 38.3 Å². The number of nitrogen functional groups attached to an aromatic ring is 1. The average molecular weight is 2100 g/mol. The number of H-pyrrole nitrogens is 1. The summed E-state index contributed by atoms with van der Waals surface area (Å²) in [5.74, 6) is -0.637. The Labute approximate surface area is 889 Å². The molecule has 39 heteroatoms. The van der Waals surface area contributed by atoms with Gasteiger partial charge in [0.15, 0.2) is 0 Å². The quantitative estimate of drug-likeness (QED) is 0.0239. The predicted octanol–water partition coefficient (Wildman–Crippen LogP) is 19.1. The number of anilines is 7. The Morgan fingerprint density at radius 2 is 0.929 bits per heavy atom. The zero-order valence-electron chi connectivity index (χ0n) is 82.9. The zero-order chi connectivity index (χ0) is 101. The smallest absolute Gasteiger partial charge is 0.870 e. The zero-order valence-corrected chi connectivity index (χ0v) is 90.1. The second-order valence-corrected chi connectivity index (χ2v) is 40.4. The molecule has 1 radical (unpaired) electrons. The topological polar surface area (TPSA) is 426 Å². The first kappa shape index (κ1) is 115. The largest absolute Gasteiger partial charge is 1.00 e. The van der Waals surface area contributed by atoms with Gasteiger partial charge in [-0.05, 0) is 301 Å².